The van der Waals surface area contributed by atoms with Crippen LogP contribution in [0.1, 0.15) is 162 Å². The lowest BCUT2D eigenvalue weighted by molar-refractivity contribution is -0.149. The quantitative estimate of drug-likeness (QED) is 0.0390. The van der Waals surface area contributed by atoms with Crippen LogP contribution >= 0.6 is 11.3 Å². The van der Waals surface area contributed by atoms with Crippen LogP contribution in [0.5, 0.6) is 0 Å². The van der Waals surface area contributed by atoms with Gasteiger partial charge in [-0.25, -0.2) is 9.78 Å². The zero-order valence-electron chi connectivity index (χ0n) is 55.4. The molecular formula is C67H103N9O13S. The number of carbonyl (C=O) groups excluding carboxylic acids is 10. The molecule has 22 nitrogen and oxygen atoms in total. The first-order valence-electron chi connectivity index (χ1n) is 32.8. The molecule has 1 saturated carbocycles. The molecule has 3 aliphatic heterocycles. The summed E-state index contributed by atoms with van der Waals surface area (Å²) in [7, 11) is 6.99. The summed E-state index contributed by atoms with van der Waals surface area (Å²) in [5.41, 5.74) is 6.65. The van der Waals surface area contributed by atoms with Crippen molar-refractivity contribution >= 4 is 75.8 Å². The van der Waals surface area contributed by atoms with E-state index in [0.717, 1.165) is 47.6 Å². The SMILES string of the molecule is CC[C@H](C)[C@@H]([C@@H](CC(=O)N1CCC[C@H]1[C@H](OC)[C@@H](C)C(=O)C[C@@H](Cc1ccc(NC(=O)[C@H](CCCNC(N)=O)CC(=O)C(NC(=O)CCOCCN2C(=O)CC(C)C2=O)C(C)C)cc1)c1nccs1)OC)N(C)C(=O)[C@@H](CC(=O)[C@@H]1[C@H]2CC[C@@H](C2)N1C)C(C)C. The number of nitrogens with zero attached hydrogens (tertiary/aromatic N) is 5. The number of piperidine rings is 1. The van der Waals surface area contributed by atoms with Crippen molar-refractivity contribution in [3.63, 3.8) is 0 Å². The summed E-state index contributed by atoms with van der Waals surface area (Å²) in [6, 6.07) is 5.09. The standard InChI is InChI=1S/C67H103N9O13S/c1-13-41(6)60(74(10)66(85)50(39(2)3)37-54(79)61-45-20-23-49(34-45)73(61)9)55(87-11)38-58(82)75-27-15-17-51(75)62(88-12)43(8)52(77)36-47(64-69-26-31-90-64)33-44-18-21-48(22-19-44)71-63(83)46(16-14-25-70-67(68)86)35-53(78)59(40(4)5)72-56(80)24-29-89-30-28-76-57(81)32-42(7)65(76)84/h18-19,21-22,26,31,39-43,45-47,49-51,55,59-62H,13-17,20,23-25,27-30,32-38H2,1-12H3,(H,71,83)(H,72,80)(H3,68,70,86)/t41-,42?,43-,45-,46+,47+,49-,50-,51-,55+,59?,60-,61-,62+/m0/s1. The number of Topliss-reactive ketones (excluding diaryl/α,β-unsaturated/α-hetero) is 3. The molecule has 8 amide bonds. The number of hydrogen-bond donors (Lipinski definition) is 4. The molecule has 4 aliphatic rings. The fourth-order valence-electron chi connectivity index (χ4n) is 14.2. The van der Waals surface area contributed by atoms with Gasteiger partial charge < -0.3 is 45.7 Å². The number of anilines is 1. The maximum Gasteiger partial charge on any atom is 0.312 e. The minimum Gasteiger partial charge on any atom is -0.379 e. The Bertz CT molecular complexity index is 2760. The Morgan fingerprint density at radius 1 is 0.889 bits per heavy atom. The largest absolute Gasteiger partial charge is 0.379 e. The van der Waals surface area contributed by atoms with Crippen LogP contribution in [0.15, 0.2) is 35.8 Å². The molecule has 23 heteroatoms. The van der Waals surface area contributed by atoms with Crippen LogP contribution in [0.2, 0.25) is 0 Å². The summed E-state index contributed by atoms with van der Waals surface area (Å²) >= 11 is 1.46. The highest BCUT2D eigenvalue weighted by atomic mass is 32.1. The minimum atomic E-state index is -0.909. The first kappa shape index (κ1) is 73.0. The average Bonchev–Trinajstić information content (AvgIpc) is 1.61. The number of amides is 8. The molecule has 1 aromatic carbocycles. The smallest absolute Gasteiger partial charge is 0.312 e. The Labute approximate surface area is 536 Å². The number of aromatic nitrogens is 1. The van der Waals surface area contributed by atoms with Crippen LogP contribution in [-0.2, 0) is 63.8 Å². The number of urea groups is 1. The molecule has 90 heavy (non-hydrogen) atoms. The van der Waals surface area contributed by atoms with Crippen molar-refractivity contribution in [1.29, 1.82) is 0 Å². The monoisotopic (exact) mass is 1270 g/mol. The fourth-order valence-corrected chi connectivity index (χ4v) is 15.0. The first-order chi connectivity index (χ1) is 42.8. The number of fused-ring (bicyclic) bond motifs is 2. The van der Waals surface area contributed by atoms with Gasteiger partial charge in [0.15, 0.2) is 11.6 Å². The van der Waals surface area contributed by atoms with Crippen molar-refractivity contribution < 1.29 is 62.2 Å². The molecule has 4 fully saturated rings. The highest BCUT2D eigenvalue weighted by Crippen LogP contribution is 2.43. The Kier molecular flexibility index (Phi) is 28.1. The van der Waals surface area contributed by atoms with Gasteiger partial charge in [0.1, 0.15) is 5.78 Å². The zero-order valence-corrected chi connectivity index (χ0v) is 56.2. The van der Waals surface area contributed by atoms with Crippen molar-refractivity contribution in [2.75, 3.05) is 66.5 Å². The molecule has 2 aromatic rings. The van der Waals surface area contributed by atoms with E-state index in [0.29, 0.717) is 43.5 Å². The maximum atomic E-state index is 14.7. The highest BCUT2D eigenvalue weighted by molar-refractivity contribution is 7.09. The maximum absolute atomic E-state index is 14.7. The van der Waals surface area contributed by atoms with Crippen molar-refractivity contribution in [3.05, 3.63) is 46.4 Å². The number of nitrogens with two attached hydrogens (primary N) is 1. The van der Waals surface area contributed by atoms with Gasteiger partial charge in [0.2, 0.25) is 35.4 Å². The number of likely N-dealkylation sites (tertiary alicyclic amines) is 3. The van der Waals surface area contributed by atoms with E-state index in [1.807, 2.05) is 50.2 Å². The van der Waals surface area contributed by atoms with Gasteiger partial charge in [-0.1, -0.05) is 73.9 Å². The number of ketones is 3. The third-order valence-electron chi connectivity index (χ3n) is 19.7. The average molecular weight is 1270 g/mol. The number of nitrogens with one attached hydrogen (secondary N) is 3. The van der Waals surface area contributed by atoms with E-state index in [4.69, 9.17) is 19.9 Å². The summed E-state index contributed by atoms with van der Waals surface area (Å²) in [6.45, 7) is 16.1. The Morgan fingerprint density at radius 2 is 1.61 bits per heavy atom. The molecular weight excluding hydrogens is 1170 g/mol. The summed E-state index contributed by atoms with van der Waals surface area (Å²) < 4.78 is 17.9. The van der Waals surface area contributed by atoms with Gasteiger partial charge in [0.25, 0.3) is 0 Å². The van der Waals surface area contributed by atoms with Crippen LogP contribution in [0.4, 0.5) is 10.5 Å². The molecule has 4 heterocycles. The van der Waals surface area contributed by atoms with E-state index in [1.165, 1.54) is 11.3 Å². The Hall–Kier alpha value is -6.01. The second-order valence-corrected chi connectivity index (χ2v) is 27.4. The van der Waals surface area contributed by atoms with Crippen LogP contribution in [0.25, 0.3) is 0 Å². The van der Waals surface area contributed by atoms with E-state index in [1.54, 1.807) is 65.3 Å². The molecule has 1 aliphatic carbocycles. The third-order valence-corrected chi connectivity index (χ3v) is 20.6. The predicted molar refractivity (Wildman–Crippen MR) is 343 cm³/mol. The summed E-state index contributed by atoms with van der Waals surface area (Å²) in [5.74, 6) is -4.57. The molecule has 500 valence electrons. The van der Waals surface area contributed by atoms with Crippen molar-refractivity contribution in [1.82, 2.24) is 35.2 Å². The molecule has 1 aromatic heterocycles. The first-order valence-corrected chi connectivity index (χ1v) is 33.6. The van der Waals surface area contributed by atoms with Gasteiger partial charge >= 0.3 is 6.03 Å². The molecule has 0 radical (unpaired) electrons. The van der Waals surface area contributed by atoms with E-state index < -0.39 is 59.9 Å². The van der Waals surface area contributed by atoms with Crippen LogP contribution < -0.4 is 21.7 Å². The van der Waals surface area contributed by atoms with Gasteiger partial charge in [-0.15, -0.1) is 11.3 Å². The number of primary amides is 1. The van der Waals surface area contributed by atoms with Gasteiger partial charge in [0.05, 0.1) is 67.6 Å². The Morgan fingerprint density at radius 3 is 2.20 bits per heavy atom. The van der Waals surface area contributed by atoms with Crippen molar-refractivity contribution in [2.45, 2.75) is 200 Å². The second kappa shape index (κ2) is 34.6. The van der Waals surface area contributed by atoms with E-state index in [9.17, 15) is 47.9 Å². The number of imide groups is 1. The van der Waals surface area contributed by atoms with Crippen LogP contribution in [-0.4, -0.2) is 187 Å². The lowest BCUT2D eigenvalue weighted by atomic mass is 9.83. The molecule has 5 N–H and O–H groups in total. The number of ether oxygens (including phenoxy) is 3. The number of carbonyl (C=O) groups is 10. The van der Waals surface area contributed by atoms with Gasteiger partial charge in [-0.2, -0.15) is 0 Å². The van der Waals surface area contributed by atoms with Gasteiger partial charge in [0, 0.05) is 119 Å². The zero-order chi connectivity index (χ0) is 66.1. The van der Waals surface area contributed by atoms with Crippen LogP contribution in [0, 0.1) is 47.3 Å². The van der Waals surface area contributed by atoms with Gasteiger partial charge in [-0.05, 0) is 99.8 Å². The molecule has 2 bridgehead atoms. The normalized spacial score (nSPS) is 22.2. The lowest BCUT2D eigenvalue weighted by Gasteiger charge is -2.41. The molecule has 0 spiro atoms. The lowest BCUT2D eigenvalue weighted by Crippen LogP contribution is -2.54. The van der Waals surface area contributed by atoms with Crippen molar-refractivity contribution in [3.8, 4) is 0 Å². The minimum absolute atomic E-state index is 0.00339. The molecule has 14 atom stereocenters. The van der Waals surface area contributed by atoms with E-state index in [2.05, 4.69) is 39.7 Å². The molecule has 3 saturated heterocycles. The van der Waals surface area contributed by atoms with Crippen molar-refractivity contribution in [2.24, 2.45) is 53.1 Å². The van der Waals surface area contributed by atoms with E-state index >= 15 is 0 Å². The summed E-state index contributed by atoms with van der Waals surface area (Å²) in [4.78, 5) is 146. The second-order valence-electron chi connectivity index (χ2n) is 26.5. The molecule has 6 rings (SSSR count). The topological polar surface area (TPSA) is 286 Å². The number of benzene rings is 1. The number of methoxy groups -OCH3 is 2. The number of likely N-dealkylation sites (N-methyl/N-ethyl adjacent to an activating group) is 2. The Balaban J connectivity index is 1.06. The number of thiazole rings is 1. The third kappa shape index (κ3) is 19.3. The fraction of sp³-hybridized carbons (Fsp3) is 0.716. The van der Waals surface area contributed by atoms with E-state index in [-0.39, 0.29) is 154 Å². The van der Waals surface area contributed by atoms with Gasteiger partial charge in [-0.3, -0.25) is 53.0 Å². The summed E-state index contributed by atoms with van der Waals surface area (Å²) in [6.07, 6.45) is 7.01. The number of hydrogen-bond acceptors (Lipinski definition) is 16. The molecule has 2 unspecified atom stereocenters. The predicted octanol–water partition coefficient (Wildman–Crippen LogP) is 6.97. The number of rotatable bonds is 38. The van der Waals surface area contributed by atoms with Crippen LogP contribution in [0.3, 0.4) is 0 Å². The summed E-state index contributed by atoms with van der Waals surface area (Å²) in [5, 5.41) is 10.9. The highest BCUT2D eigenvalue weighted by Gasteiger charge is 2.49.